The average Bonchev–Trinajstić information content (AvgIpc) is 2.73. The minimum atomic E-state index is 0.522. The lowest BCUT2D eigenvalue weighted by Gasteiger charge is -2.27. The number of benzene rings is 2. The SMILES string of the molecule is CC(C)Cc1cc(CC(C)C)c(CC(C)c2c(CC(C)C)cc(CC(C)C)cc2CC(C)C)c(CC(C)C)c1. The third-order valence-electron chi connectivity index (χ3n) is 7.71. The van der Waals surface area contributed by atoms with Crippen LogP contribution in [0.4, 0.5) is 0 Å². The molecule has 0 bridgehead atoms. The van der Waals surface area contributed by atoms with Gasteiger partial charge < -0.3 is 0 Å². The lowest BCUT2D eigenvalue weighted by atomic mass is 9.78. The quantitative estimate of drug-likeness (QED) is 0.214. The summed E-state index contributed by atoms with van der Waals surface area (Å²) in [5.74, 6) is 4.57. The van der Waals surface area contributed by atoms with Gasteiger partial charge in [-0.3, -0.25) is 0 Å². The highest BCUT2D eigenvalue weighted by Crippen LogP contribution is 2.35. The summed E-state index contributed by atoms with van der Waals surface area (Å²) in [6.45, 7) is 31.1. The fraction of sp³-hybridized carbons (Fsp3) is 0.692. The van der Waals surface area contributed by atoms with Gasteiger partial charge in [0, 0.05) is 0 Å². The summed E-state index contributed by atoms with van der Waals surface area (Å²) in [7, 11) is 0. The van der Waals surface area contributed by atoms with Crippen molar-refractivity contribution in [2.24, 2.45) is 35.5 Å². The molecule has 0 amide bonds. The summed E-state index contributed by atoms with van der Waals surface area (Å²) in [4.78, 5) is 0. The molecule has 1 unspecified atom stereocenters. The summed E-state index contributed by atoms with van der Waals surface area (Å²) in [6.07, 6.45) is 8.25. The molecule has 0 aromatic heterocycles. The van der Waals surface area contributed by atoms with E-state index in [0.717, 1.165) is 6.42 Å². The van der Waals surface area contributed by atoms with Crippen molar-refractivity contribution in [3.05, 3.63) is 68.8 Å². The third-order valence-corrected chi connectivity index (χ3v) is 7.71. The zero-order chi connectivity index (χ0) is 29.4. The molecule has 2 rings (SSSR count). The van der Waals surface area contributed by atoms with Crippen LogP contribution in [-0.2, 0) is 44.9 Å². The minimum Gasteiger partial charge on any atom is -0.0625 e. The molecule has 220 valence electrons. The Morgan fingerprint density at radius 3 is 0.949 bits per heavy atom. The molecule has 0 aliphatic heterocycles. The maximum Gasteiger partial charge on any atom is -0.0144 e. The molecule has 1 atom stereocenters. The van der Waals surface area contributed by atoms with Gasteiger partial charge in [0.1, 0.15) is 0 Å². The van der Waals surface area contributed by atoms with Crippen molar-refractivity contribution in [1.82, 2.24) is 0 Å². The second-order valence-corrected chi connectivity index (χ2v) is 15.4. The van der Waals surface area contributed by atoms with Gasteiger partial charge in [-0.2, -0.15) is 0 Å². The first kappa shape index (κ1) is 33.6. The van der Waals surface area contributed by atoms with Crippen molar-refractivity contribution in [3.8, 4) is 0 Å². The molecule has 0 spiro atoms. The molecule has 0 saturated heterocycles. The zero-order valence-corrected chi connectivity index (χ0v) is 28.3. The van der Waals surface area contributed by atoms with Crippen molar-refractivity contribution in [2.75, 3.05) is 0 Å². The average molecular weight is 533 g/mol. The Bertz CT molecular complexity index is 952. The lowest BCUT2D eigenvalue weighted by molar-refractivity contribution is 0.594. The van der Waals surface area contributed by atoms with Crippen LogP contribution in [0.5, 0.6) is 0 Å². The highest BCUT2D eigenvalue weighted by molar-refractivity contribution is 5.46. The van der Waals surface area contributed by atoms with E-state index in [2.05, 4.69) is 114 Å². The van der Waals surface area contributed by atoms with Crippen molar-refractivity contribution in [1.29, 1.82) is 0 Å². The van der Waals surface area contributed by atoms with E-state index in [1.54, 1.807) is 44.5 Å². The maximum atomic E-state index is 2.59. The molecule has 0 aliphatic rings. The fourth-order valence-electron chi connectivity index (χ4n) is 6.66. The van der Waals surface area contributed by atoms with Gasteiger partial charge in [-0.1, -0.05) is 114 Å². The topological polar surface area (TPSA) is 0 Å². The van der Waals surface area contributed by atoms with E-state index in [1.165, 1.54) is 38.5 Å². The molecule has 0 radical (unpaired) electrons. The van der Waals surface area contributed by atoms with Gasteiger partial charge in [-0.15, -0.1) is 0 Å². The smallest absolute Gasteiger partial charge is 0.0144 e. The Kier molecular flexibility index (Phi) is 13.3. The molecule has 2 aromatic carbocycles. The van der Waals surface area contributed by atoms with E-state index < -0.39 is 0 Å². The van der Waals surface area contributed by atoms with Crippen molar-refractivity contribution < 1.29 is 0 Å². The molecule has 0 heteroatoms. The highest BCUT2D eigenvalue weighted by atomic mass is 14.3. The fourth-order valence-corrected chi connectivity index (χ4v) is 6.66. The number of hydrogen-bond acceptors (Lipinski definition) is 0. The Morgan fingerprint density at radius 1 is 0.359 bits per heavy atom. The van der Waals surface area contributed by atoms with Crippen LogP contribution >= 0.6 is 0 Å². The molecular weight excluding hydrogens is 468 g/mol. The van der Waals surface area contributed by atoms with Crippen molar-refractivity contribution >= 4 is 0 Å². The standard InChI is InChI=1S/C39H64/c1-25(2)14-32-21-34(16-27(5)6)38(35(22-32)17-28(7)8)20-31(13)39-36(18-29(9)10)23-33(15-26(3)4)24-37(39)19-30(11)12/h21-31H,14-20H2,1-13H3. The van der Waals surface area contributed by atoms with Crippen LogP contribution in [0.3, 0.4) is 0 Å². The normalized spacial score (nSPS) is 13.2. The van der Waals surface area contributed by atoms with Crippen LogP contribution in [0.25, 0.3) is 0 Å². The summed E-state index contributed by atoms with van der Waals surface area (Å²) in [5.41, 5.74) is 12.9. The predicted octanol–water partition coefficient (Wildman–Crippen LogP) is 11.2. The molecular formula is C39H64. The Balaban J connectivity index is 2.71. The summed E-state index contributed by atoms with van der Waals surface area (Å²) in [5, 5.41) is 0. The summed E-state index contributed by atoms with van der Waals surface area (Å²) < 4.78 is 0. The van der Waals surface area contributed by atoms with Gasteiger partial charge in [0.05, 0.1) is 0 Å². The lowest BCUT2D eigenvalue weighted by Crippen LogP contribution is -2.15. The molecule has 39 heavy (non-hydrogen) atoms. The Hall–Kier alpha value is -1.56. The first-order chi connectivity index (χ1) is 18.2. The monoisotopic (exact) mass is 533 g/mol. The van der Waals surface area contributed by atoms with Crippen LogP contribution in [-0.4, -0.2) is 0 Å². The predicted molar refractivity (Wildman–Crippen MR) is 176 cm³/mol. The van der Waals surface area contributed by atoms with Gasteiger partial charge in [0.15, 0.2) is 0 Å². The maximum absolute atomic E-state index is 2.59. The zero-order valence-electron chi connectivity index (χ0n) is 28.3. The first-order valence-corrected chi connectivity index (χ1v) is 16.4. The second-order valence-electron chi connectivity index (χ2n) is 15.4. The van der Waals surface area contributed by atoms with Crippen LogP contribution in [0, 0.1) is 35.5 Å². The molecule has 0 heterocycles. The van der Waals surface area contributed by atoms with Crippen molar-refractivity contribution in [3.63, 3.8) is 0 Å². The van der Waals surface area contributed by atoms with Gasteiger partial charge in [-0.05, 0) is 131 Å². The van der Waals surface area contributed by atoms with Gasteiger partial charge in [0.25, 0.3) is 0 Å². The summed E-state index contributed by atoms with van der Waals surface area (Å²) >= 11 is 0. The number of rotatable bonds is 15. The van der Waals surface area contributed by atoms with E-state index in [9.17, 15) is 0 Å². The summed E-state index contributed by atoms with van der Waals surface area (Å²) in [6, 6.07) is 10.3. The van der Waals surface area contributed by atoms with Crippen LogP contribution in [0.1, 0.15) is 140 Å². The molecule has 0 aliphatic carbocycles. The number of hydrogen-bond donors (Lipinski definition) is 0. The van der Waals surface area contributed by atoms with Crippen molar-refractivity contribution in [2.45, 2.75) is 141 Å². The van der Waals surface area contributed by atoms with Gasteiger partial charge in [-0.25, -0.2) is 0 Å². The van der Waals surface area contributed by atoms with E-state index in [1.807, 2.05) is 0 Å². The van der Waals surface area contributed by atoms with E-state index >= 15 is 0 Å². The van der Waals surface area contributed by atoms with E-state index in [4.69, 9.17) is 0 Å². The minimum absolute atomic E-state index is 0.522. The molecule has 0 N–H and O–H groups in total. The molecule has 0 nitrogen and oxygen atoms in total. The van der Waals surface area contributed by atoms with Gasteiger partial charge in [0.2, 0.25) is 0 Å². The van der Waals surface area contributed by atoms with E-state index in [0.29, 0.717) is 41.4 Å². The third kappa shape index (κ3) is 11.1. The second kappa shape index (κ2) is 15.4. The van der Waals surface area contributed by atoms with Crippen LogP contribution in [0.15, 0.2) is 24.3 Å². The van der Waals surface area contributed by atoms with Crippen LogP contribution in [0.2, 0.25) is 0 Å². The Labute approximate surface area is 244 Å². The molecule has 0 fully saturated rings. The van der Waals surface area contributed by atoms with E-state index in [-0.39, 0.29) is 0 Å². The van der Waals surface area contributed by atoms with Crippen LogP contribution < -0.4 is 0 Å². The largest absolute Gasteiger partial charge is 0.0625 e. The van der Waals surface area contributed by atoms with Gasteiger partial charge >= 0.3 is 0 Å². The molecule has 2 aromatic rings. The highest BCUT2D eigenvalue weighted by Gasteiger charge is 2.22. The Morgan fingerprint density at radius 2 is 0.641 bits per heavy atom. The molecule has 0 saturated carbocycles. The first-order valence-electron chi connectivity index (χ1n) is 16.4.